The summed E-state index contributed by atoms with van der Waals surface area (Å²) in [7, 11) is 0. The van der Waals surface area contributed by atoms with Crippen LogP contribution in [-0.4, -0.2) is 11.5 Å². The van der Waals surface area contributed by atoms with Crippen LogP contribution in [0, 0.1) is 19.8 Å². The zero-order valence-electron chi connectivity index (χ0n) is 13.3. The van der Waals surface area contributed by atoms with Crippen molar-refractivity contribution in [1.82, 2.24) is 10.3 Å². The molecule has 0 amide bonds. The summed E-state index contributed by atoms with van der Waals surface area (Å²) < 4.78 is 5.92. The first kappa shape index (κ1) is 15.5. The number of nitrogens with zero attached hydrogens (tertiary/aromatic N) is 1. The van der Waals surface area contributed by atoms with Gasteiger partial charge in [0.15, 0.2) is 0 Å². The molecule has 0 bridgehead atoms. The molecule has 0 atom stereocenters. The molecular formula is C18H24N2O. The molecule has 0 fully saturated rings. The van der Waals surface area contributed by atoms with Gasteiger partial charge in [-0.1, -0.05) is 26.0 Å². The molecule has 0 spiro atoms. The number of pyridine rings is 1. The predicted octanol–water partition coefficient (Wildman–Crippen LogP) is 4.24. The van der Waals surface area contributed by atoms with Crippen LogP contribution in [0.3, 0.4) is 0 Å². The Hall–Kier alpha value is -1.87. The van der Waals surface area contributed by atoms with Gasteiger partial charge in [-0.15, -0.1) is 0 Å². The van der Waals surface area contributed by atoms with Gasteiger partial charge in [0.2, 0.25) is 5.88 Å². The molecule has 112 valence electrons. The van der Waals surface area contributed by atoms with E-state index in [0.717, 1.165) is 24.4 Å². The van der Waals surface area contributed by atoms with E-state index < -0.39 is 0 Å². The lowest BCUT2D eigenvalue weighted by molar-refractivity contribution is 0.457. The molecule has 1 aromatic carbocycles. The Morgan fingerprint density at radius 2 is 1.95 bits per heavy atom. The Morgan fingerprint density at radius 1 is 1.14 bits per heavy atom. The minimum absolute atomic E-state index is 0.646. The van der Waals surface area contributed by atoms with E-state index in [1.165, 1.54) is 11.1 Å². The van der Waals surface area contributed by atoms with Gasteiger partial charge in [-0.25, -0.2) is 4.98 Å². The van der Waals surface area contributed by atoms with E-state index in [-0.39, 0.29) is 0 Å². The number of rotatable bonds is 6. The Morgan fingerprint density at radius 3 is 2.71 bits per heavy atom. The lowest BCUT2D eigenvalue weighted by Gasteiger charge is -2.11. The van der Waals surface area contributed by atoms with Crippen LogP contribution in [0.15, 0.2) is 36.5 Å². The van der Waals surface area contributed by atoms with Crippen LogP contribution in [0.4, 0.5) is 0 Å². The zero-order chi connectivity index (χ0) is 15.2. The third kappa shape index (κ3) is 4.87. The molecule has 2 aromatic rings. The number of hydrogen-bond acceptors (Lipinski definition) is 3. The molecule has 1 heterocycles. The fourth-order valence-corrected chi connectivity index (χ4v) is 2.05. The quantitative estimate of drug-likeness (QED) is 0.861. The standard InChI is InChI=1S/C18H24N2O/c1-13(2)11-19-12-16-7-8-20-18(10-16)21-17-9-14(3)5-6-15(17)4/h5-10,13,19H,11-12H2,1-4H3. The van der Waals surface area contributed by atoms with Crippen LogP contribution in [-0.2, 0) is 6.54 Å². The maximum Gasteiger partial charge on any atom is 0.219 e. The van der Waals surface area contributed by atoms with Gasteiger partial charge in [0, 0.05) is 18.8 Å². The van der Waals surface area contributed by atoms with Gasteiger partial charge in [0.05, 0.1) is 0 Å². The molecule has 3 heteroatoms. The number of aryl methyl sites for hydroxylation is 2. The smallest absolute Gasteiger partial charge is 0.219 e. The molecule has 21 heavy (non-hydrogen) atoms. The minimum atomic E-state index is 0.646. The van der Waals surface area contributed by atoms with Crippen LogP contribution in [0.25, 0.3) is 0 Å². The van der Waals surface area contributed by atoms with E-state index in [1.54, 1.807) is 6.20 Å². The highest BCUT2D eigenvalue weighted by Crippen LogP contribution is 2.25. The number of nitrogens with one attached hydrogen (secondary N) is 1. The molecule has 1 aromatic heterocycles. The van der Waals surface area contributed by atoms with Gasteiger partial charge in [-0.3, -0.25) is 0 Å². The Kier molecular flexibility index (Phi) is 5.34. The Bertz CT molecular complexity index is 594. The van der Waals surface area contributed by atoms with E-state index in [0.29, 0.717) is 11.8 Å². The number of hydrogen-bond donors (Lipinski definition) is 1. The van der Waals surface area contributed by atoms with Crippen LogP contribution < -0.4 is 10.1 Å². The highest BCUT2D eigenvalue weighted by Gasteiger charge is 2.04. The molecule has 0 radical (unpaired) electrons. The van der Waals surface area contributed by atoms with E-state index in [4.69, 9.17) is 4.74 Å². The number of benzene rings is 1. The van der Waals surface area contributed by atoms with Gasteiger partial charge in [0.1, 0.15) is 5.75 Å². The Labute approximate surface area is 127 Å². The van der Waals surface area contributed by atoms with Crippen LogP contribution in [0.1, 0.15) is 30.5 Å². The van der Waals surface area contributed by atoms with Crippen molar-refractivity contribution in [1.29, 1.82) is 0 Å². The second-order valence-corrected chi connectivity index (χ2v) is 5.90. The summed E-state index contributed by atoms with van der Waals surface area (Å²) >= 11 is 0. The van der Waals surface area contributed by atoms with Crippen molar-refractivity contribution < 1.29 is 4.74 Å². The molecule has 0 aliphatic rings. The van der Waals surface area contributed by atoms with Crippen LogP contribution >= 0.6 is 0 Å². The molecule has 0 saturated heterocycles. The van der Waals surface area contributed by atoms with Crippen LogP contribution in [0.5, 0.6) is 11.6 Å². The fourth-order valence-electron chi connectivity index (χ4n) is 2.05. The molecule has 1 N–H and O–H groups in total. The highest BCUT2D eigenvalue weighted by atomic mass is 16.5. The molecule has 2 rings (SSSR count). The van der Waals surface area contributed by atoms with Gasteiger partial charge < -0.3 is 10.1 Å². The van der Waals surface area contributed by atoms with Crippen molar-refractivity contribution in [3.05, 3.63) is 53.2 Å². The lowest BCUT2D eigenvalue weighted by Crippen LogP contribution is -2.18. The summed E-state index contributed by atoms with van der Waals surface area (Å²) in [5, 5.41) is 3.43. The van der Waals surface area contributed by atoms with E-state index in [9.17, 15) is 0 Å². The first-order valence-electron chi connectivity index (χ1n) is 7.45. The van der Waals surface area contributed by atoms with E-state index >= 15 is 0 Å². The van der Waals surface area contributed by atoms with E-state index in [2.05, 4.69) is 43.2 Å². The Balaban J connectivity index is 2.05. The van der Waals surface area contributed by atoms with Gasteiger partial charge >= 0.3 is 0 Å². The second kappa shape index (κ2) is 7.23. The molecule has 3 nitrogen and oxygen atoms in total. The SMILES string of the molecule is Cc1ccc(C)c(Oc2cc(CNCC(C)C)ccn2)c1. The van der Waals surface area contributed by atoms with Crippen molar-refractivity contribution in [3.63, 3.8) is 0 Å². The van der Waals surface area contributed by atoms with Crippen molar-refractivity contribution in [2.75, 3.05) is 6.54 Å². The third-order valence-corrected chi connectivity index (χ3v) is 3.24. The monoisotopic (exact) mass is 284 g/mol. The summed E-state index contributed by atoms with van der Waals surface area (Å²) in [6.07, 6.45) is 1.80. The van der Waals surface area contributed by atoms with Gasteiger partial charge in [-0.2, -0.15) is 0 Å². The number of ether oxygens (including phenoxy) is 1. The van der Waals surface area contributed by atoms with E-state index in [1.807, 2.05) is 25.1 Å². The summed E-state index contributed by atoms with van der Waals surface area (Å²) in [6, 6.07) is 10.2. The van der Waals surface area contributed by atoms with Crippen molar-refractivity contribution >= 4 is 0 Å². The molecule has 0 saturated carbocycles. The molecular weight excluding hydrogens is 260 g/mol. The maximum atomic E-state index is 5.92. The molecule has 0 aliphatic heterocycles. The zero-order valence-corrected chi connectivity index (χ0v) is 13.3. The minimum Gasteiger partial charge on any atom is -0.439 e. The first-order valence-corrected chi connectivity index (χ1v) is 7.45. The topological polar surface area (TPSA) is 34.1 Å². The lowest BCUT2D eigenvalue weighted by atomic mass is 10.1. The maximum absolute atomic E-state index is 5.92. The van der Waals surface area contributed by atoms with Gasteiger partial charge in [0.25, 0.3) is 0 Å². The summed E-state index contributed by atoms with van der Waals surface area (Å²) in [6.45, 7) is 10.4. The van der Waals surface area contributed by atoms with Crippen molar-refractivity contribution in [3.8, 4) is 11.6 Å². The van der Waals surface area contributed by atoms with Crippen LogP contribution in [0.2, 0.25) is 0 Å². The summed E-state index contributed by atoms with van der Waals surface area (Å²) in [5.74, 6) is 2.17. The predicted molar refractivity (Wildman–Crippen MR) is 86.8 cm³/mol. The third-order valence-electron chi connectivity index (χ3n) is 3.24. The largest absolute Gasteiger partial charge is 0.439 e. The molecule has 0 unspecified atom stereocenters. The average Bonchev–Trinajstić information content (AvgIpc) is 2.43. The number of aromatic nitrogens is 1. The summed E-state index contributed by atoms with van der Waals surface area (Å²) in [4.78, 5) is 4.30. The van der Waals surface area contributed by atoms with Crippen molar-refractivity contribution in [2.45, 2.75) is 34.2 Å². The highest BCUT2D eigenvalue weighted by molar-refractivity contribution is 5.38. The first-order chi connectivity index (χ1) is 10.0. The normalized spacial score (nSPS) is 10.9. The fraction of sp³-hybridized carbons (Fsp3) is 0.389. The average molecular weight is 284 g/mol. The van der Waals surface area contributed by atoms with Gasteiger partial charge in [-0.05, 0) is 55.1 Å². The summed E-state index contributed by atoms with van der Waals surface area (Å²) in [5.41, 5.74) is 3.49. The molecule has 0 aliphatic carbocycles. The van der Waals surface area contributed by atoms with Crippen molar-refractivity contribution in [2.24, 2.45) is 5.92 Å². The second-order valence-electron chi connectivity index (χ2n) is 5.90.